The van der Waals surface area contributed by atoms with E-state index in [1.807, 2.05) is 13.0 Å². The SMILES string of the molecule is Cc1cc(Oc2cc3c(cc2Br)C(N)C(=O)N3)n(C)n1. The number of halogens is 1. The number of rotatable bonds is 2. The average Bonchev–Trinajstić information content (AvgIpc) is 2.83. The van der Waals surface area contributed by atoms with Gasteiger partial charge < -0.3 is 15.8 Å². The summed E-state index contributed by atoms with van der Waals surface area (Å²) in [4.78, 5) is 11.6. The normalized spacial score (nSPS) is 17.0. The number of nitrogens with zero attached hydrogens (tertiary/aromatic N) is 2. The van der Waals surface area contributed by atoms with Gasteiger partial charge in [0.05, 0.1) is 10.2 Å². The second-order valence-electron chi connectivity index (χ2n) is 4.69. The maximum absolute atomic E-state index is 11.6. The fourth-order valence-corrected chi connectivity index (χ4v) is 2.60. The van der Waals surface area contributed by atoms with Crippen LogP contribution in [0, 0.1) is 6.92 Å². The van der Waals surface area contributed by atoms with E-state index < -0.39 is 6.04 Å². The predicted octanol–water partition coefficient (Wildman–Crippen LogP) is 2.24. The molecule has 1 aromatic carbocycles. The van der Waals surface area contributed by atoms with Crippen LogP contribution in [0.25, 0.3) is 0 Å². The molecule has 2 aromatic rings. The molecule has 0 aliphatic carbocycles. The van der Waals surface area contributed by atoms with Crippen molar-refractivity contribution >= 4 is 27.5 Å². The molecule has 104 valence electrons. The van der Waals surface area contributed by atoms with Crippen molar-refractivity contribution in [2.24, 2.45) is 12.8 Å². The summed E-state index contributed by atoms with van der Waals surface area (Å²) < 4.78 is 8.21. The molecule has 3 rings (SSSR count). The second-order valence-corrected chi connectivity index (χ2v) is 5.54. The van der Waals surface area contributed by atoms with Crippen molar-refractivity contribution in [3.63, 3.8) is 0 Å². The smallest absolute Gasteiger partial charge is 0.245 e. The molecule has 0 spiro atoms. The molecule has 0 saturated heterocycles. The first-order valence-electron chi connectivity index (χ1n) is 6.04. The Kier molecular flexibility index (Phi) is 3.02. The zero-order valence-corrected chi connectivity index (χ0v) is 12.6. The molecule has 1 aliphatic rings. The number of hydrogen-bond acceptors (Lipinski definition) is 4. The molecule has 0 bridgehead atoms. The van der Waals surface area contributed by atoms with Crippen LogP contribution >= 0.6 is 15.9 Å². The number of carbonyl (C=O) groups is 1. The molecular formula is C13H13BrN4O2. The summed E-state index contributed by atoms with van der Waals surface area (Å²) in [5.74, 6) is 1.01. The van der Waals surface area contributed by atoms with Gasteiger partial charge in [0.2, 0.25) is 11.8 Å². The van der Waals surface area contributed by atoms with Gasteiger partial charge in [0.1, 0.15) is 11.8 Å². The number of fused-ring (bicyclic) bond motifs is 1. The van der Waals surface area contributed by atoms with Gasteiger partial charge in [-0.05, 0) is 28.9 Å². The van der Waals surface area contributed by atoms with Crippen LogP contribution in [0.1, 0.15) is 17.3 Å². The number of ether oxygens (including phenoxy) is 1. The zero-order valence-electron chi connectivity index (χ0n) is 11.0. The van der Waals surface area contributed by atoms with Crippen molar-refractivity contribution in [2.45, 2.75) is 13.0 Å². The number of nitrogens with two attached hydrogens (primary N) is 1. The van der Waals surface area contributed by atoms with Crippen LogP contribution in [0.15, 0.2) is 22.7 Å². The lowest BCUT2D eigenvalue weighted by atomic mass is 10.1. The molecule has 7 heteroatoms. The van der Waals surface area contributed by atoms with Crippen LogP contribution in [-0.2, 0) is 11.8 Å². The van der Waals surface area contributed by atoms with Crippen molar-refractivity contribution in [2.75, 3.05) is 5.32 Å². The number of benzene rings is 1. The van der Waals surface area contributed by atoms with Gasteiger partial charge in [-0.25, -0.2) is 4.68 Å². The summed E-state index contributed by atoms with van der Waals surface area (Å²) in [5.41, 5.74) is 8.11. The lowest BCUT2D eigenvalue weighted by molar-refractivity contribution is -0.116. The number of hydrogen-bond donors (Lipinski definition) is 2. The number of nitrogens with one attached hydrogen (secondary N) is 1. The topological polar surface area (TPSA) is 82.2 Å². The Balaban J connectivity index is 1.98. The first-order valence-corrected chi connectivity index (χ1v) is 6.83. The number of carbonyl (C=O) groups excluding carboxylic acids is 1. The van der Waals surface area contributed by atoms with E-state index in [2.05, 4.69) is 26.3 Å². The molecule has 1 amide bonds. The molecule has 0 radical (unpaired) electrons. The Morgan fingerprint density at radius 1 is 1.45 bits per heavy atom. The highest BCUT2D eigenvalue weighted by molar-refractivity contribution is 9.10. The molecule has 1 atom stereocenters. The lowest BCUT2D eigenvalue weighted by Gasteiger charge is -2.10. The molecule has 1 aliphatic heterocycles. The maximum atomic E-state index is 11.6. The van der Waals surface area contributed by atoms with Gasteiger partial charge in [0.15, 0.2) is 0 Å². The van der Waals surface area contributed by atoms with Crippen LogP contribution in [0.4, 0.5) is 5.69 Å². The van der Waals surface area contributed by atoms with Crippen LogP contribution < -0.4 is 15.8 Å². The third-order valence-corrected chi connectivity index (χ3v) is 3.77. The quantitative estimate of drug-likeness (QED) is 0.880. The van der Waals surface area contributed by atoms with E-state index in [0.717, 1.165) is 15.7 Å². The fraction of sp³-hybridized carbons (Fsp3) is 0.231. The number of amides is 1. The summed E-state index contributed by atoms with van der Waals surface area (Å²) in [6, 6.07) is 4.77. The molecule has 6 nitrogen and oxygen atoms in total. The second kappa shape index (κ2) is 4.60. The Hall–Kier alpha value is -1.86. The van der Waals surface area contributed by atoms with E-state index in [1.54, 1.807) is 23.9 Å². The zero-order chi connectivity index (χ0) is 14.4. The Morgan fingerprint density at radius 2 is 2.20 bits per heavy atom. The molecule has 0 fully saturated rings. The van der Waals surface area contributed by atoms with Crippen LogP contribution in [-0.4, -0.2) is 15.7 Å². The van der Waals surface area contributed by atoms with Gasteiger partial charge in [-0.2, -0.15) is 5.10 Å². The highest BCUT2D eigenvalue weighted by atomic mass is 79.9. The lowest BCUT2D eigenvalue weighted by Crippen LogP contribution is -2.19. The van der Waals surface area contributed by atoms with Gasteiger partial charge in [0.25, 0.3) is 0 Å². The number of aromatic nitrogens is 2. The molecule has 3 N–H and O–H groups in total. The standard InChI is InChI=1S/C13H13BrN4O2/c1-6-3-11(18(2)17-6)20-10-5-9-7(4-8(10)14)12(15)13(19)16-9/h3-5,12H,15H2,1-2H3,(H,16,19). The highest BCUT2D eigenvalue weighted by Gasteiger charge is 2.28. The van der Waals surface area contributed by atoms with Crippen molar-refractivity contribution in [3.8, 4) is 11.6 Å². The monoisotopic (exact) mass is 336 g/mol. The molecule has 20 heavy (non-hydrogen) atoms. The Labute approximate surface area is 124 Å². The maximum Gasteiger partial charge on any atom is 0.245 e. The number of anilines is 1. The van der Waals surface area contributed by atoms with Gasteiger partial charge in [-0.3, -0.25) is 4.79 Å². The minimum atomic E-state index is -0.630. The Morgan fingerprint density at radius 3 is 2.85 bits per heavy atom. The summed E-state index contributed by atoms with van der Waals surface area (Å²) in [6.07, 6.45) is 0. The van der Waals surface area contributed by atoms with Crippen molar-refractivity contribution in [1.82, 2.24) is 9.78 Å². The van der Waals surface area contributed by atoms with E-state index in [0.29, 0.717) is 17.3 Å². The van der Waals surface area contributed by atoms with Crippen LogP contribution in [0.3, 0.4) is 0 Å². The summed E-state index contributed by atoms with van der Waals surface area (Å²) in [5, 5.41) is 6.95. The van der Waals surface area contributed by atoms with Crippen molar-refractivity contribution in [3.05, 3.63) is 33.9 Å². The van der Waals surface area contributed by atoms with E-state index >= 15 is 0 Å². The summed E-state index contributed by atoms with van der Waals surface area (Å²) in [6.45, 7) is 1.89. The van der Waals surface area contributed by atoms with Crippen LogP contribution in [0.2, 0.25) is 0 Å². The summed E-state index contributed by atoms with van der Waals surface area (Å²) in [7, 11) is 1.81. The number of aryl methyl sites for hydroxylation is 2. The first-order chi connectivity index (χ1) is 9.45. The van der Waals surface area contributed by atoms with E-state index in [9.17, 15) is 4.79 Å². The highest BCUT2D eigenvalue weighted by Crippen LogP contribution is 2.39. The molecule has 1 unspecified atom stereocenters. The third kappa shape index (κ3) is 2.08. The van der Waals surface area contributed by atoms with Crippen molar-refractivity contribution in [1.29, 1.82) is 0 Å². The molecule has 1 aromatic heterocycles. The molecular weight excluding hydrogens is 324 g/mol. The van der Waals surface area contributed by atoms with E-state index in [4.69, 9.17) is 10.5 Å². The minimum Gasteiger partial charge on any atom is -0.438 e. The van der Waals surface area contributed by atoms with Gasteiger partial charge in [0, 0.05) is 30.4 Å². The van der Waals surface area contributed by atoms with Gasteiger partial charge >= 0.3 is 0 Å². The fourth-order valence-electron chi connectivity index (χ4n) is 2.16. The third-order valence-electron chi connectivity index (χ3n) is 3.15. The van der Waals surface area contributed by atoms with E-state index in [1.165, 1.54) is 0 Å². The average molecular weight is 337 g/mol. The van der Waals surface area contributed by atoms with E-state index in [-0.39, 0.29) is 5.91 Å². The first kappa shape index (κ1) is 13.1. The van der Waals surface area contributed by atoms with Gasteiger partial charge in [-0.15, -0.1) is 0 Å². The molecule has 0 saturated carbocycles. The Bertz CT molecular complexity index is 711. The van der Waals surface area contributed by atoms with Crippen molar-refractivity contribution < 1.29 is 9.53 Å². The predicted molar refractivity (Wildman–Crippen MR) is 77.7 cm³/mol. The summed E-state index contributed by atoms with van der Waals surface area (Å²) >= 11 is 3.44. The van der Waals surface area contributed by atoms with Crippen LogP contribution in [0.5, 0.6) is 11.6 Å². The minimum absolute atomic E-state index is 0.208. The van der Waals surface area contributed by atoms with Gasteiger partial charge in [-0.1, -0.05) is 0 Å². The molecule has 2 heterocycles. The largest absolute Gasteiger partial charge is 0.438 e.